The summed E-state index contributed by atoms with van der Waals surface area (Å²) in [5.74, 6) is 0. The maximum atomic E-state index is 4.55. The zero-order chi connectivity index (χ0) is 13.5. The monoisotopic (exact) mass is 281 g/mol. The summed E-state index contributed by atoms with van der Waals surface area (Å²) >= 11 is 1.87. The van der Waals surface area contributed by atoms with Gasteiger partial charge in [0.1, 0.15) is 0 Å². The van der Waals surface area contributed by atoms with Gasteiger partial charge in [0.25, 0.3) is 0 Å². The van der Waals surface area contributed by atoms with Crippen molar-refractivity contribution in [1.82, 2.24) is 15.2 Å². The minimum absolute atomic E-state index is 0.544. The Morgan fingerprint density at radius 2 is 2.00 bits per heavy atom. The van der Waals surface area contributed by atoms with E-state index in [0.717, 1.165) is 13.0 Å². The van der Waals surface area contributed by atoms with Crippen molar-refractivity contribution in [3.63, 3.8) is 0 Å². The molecule has 1 aliphatic rings. The molecule has 1 aromatic heterocycles. The van der Waals surface area contributed by atoms with Gasteiger partial charge >= 0.3 is 0 Å². The maximum Gasteiger partial charge on any atom is 0.0940 e. The number of likely N-dealkylation sites (tertiary alicyclic amines) is 1. The molecule has 2 rings (SSSR count). The fourth-order valence-electron chi connectivity index (χ4n) is 2.46. The standard InChI is InChI=1S/C15H27N3S/c1-13(2)16-11-14-12-17-15(19-14)7-10-18-8-5-3-4-6-9-18/h12-13,16H,3-11H2,1-2H3. The van der Waals surface area contributed by atoms with E-state index >= 15 is 0 Å². The van der Waals surface area contributed by atoms with Crippen LogP contribution in [-0.4, -0.2) is 35.6 Å². The largest absolute Gasteiger partial charge is 0.310 e. The van der Waals surface area contributed by atoms with E-state index in [1.165, 1.54) is 55.2 Å². The molecule has 0 bridgehead atoms. The molecule has 0 spiro atoms. The fourth-order valence-corrected chi connectivity index (χ4v) is 3.33. The van der Waals surface area contributed by atoms with E-state index < -0.39 is 0 Å². The fraction of sp³-hybridized carbons (Fsp3) is 0.800. The second-order valence-electron chi connectivity index (χ2n) is 5.76. The normalized spacial score (nSPS) is 17.8. The molecule has 19 heavy (non-hydrogen) atoms. The van der Waals surface area contributed by atoms with Gasteiger partial charge in [0.05, 0.1) is 5.01 Å². The van der Waals surface area contributed by atoms with Crippen molar-refractivity contribution in [2.45, 2.75) is 58.5 Å². The first-order chi connectivity index (χ1) is 9.24. The highest BCUT2D eigenvalue weighted by molar-refractivity contribution is 7.11. The smallest absolute Gasteiger partial charge is 0.0940 e. The van der Waals surface area contributed by atoms with Crippen molar-refractivity contribution in [2.24, 2.45) is 0 Å². The molecule has 0 atom stereocenters. The van der Waals surface area contributed by atoms with Crippen LogP contribution in [0.1, 0.15) is 49.4 Å². The van der Waals surface area contributed by atoms with Gasteiger partial charge in [-0.25, -0.2) is 4.98 Å². The number of rotatable bonds is 6. The summed E-state index contributed by atoms with van der Waals surface area (Å²) in [4.78, 5) is 8.53. The first kappa shape index (κ1) is 14.9. The summed E-state index contributed by atoms with van der Waals surface area (Å²) in [6.45, 7) is 9.08. The van der Waals surface area contributed by atoms with Crippen molar-refractivity contribution in [2.75, 3.05) is 19.6 Å². The third-order valence-electron chi connectivity index (χ3n) is 3.63. The highest BCUT2D eigenvalue weighted by atomic mass is 32.1. The van der Waals surface area contributed by atoms with E-state index in [-0.39, 0.29) is 0 Å². The van der Waals surface area contributed by atoms with Gasteiger partial charge in [-0.15, -0.1) is 11.3 Å². The molecule has 4 heteroatoms. The Labute approximate surface area is 121 Å². The molecule has 108 valence electrons. The first-order valence-corrected chi connectivity index (χ1v) is 8.45. The summed E-state index contributed by atoms with van der Waals surface area (Å²) in [6, 6.07) is 0.544. The molecule has 0 aliphatic carbocycles. The highest BCUT2D eigenvalue weighted by Crippen LogP contribution is 2.15. The molecule has 1 aromatic rings. The lowest BCUT2D eigenvalue weighted by Gasteiger charge is -2.18. The van der Waals surface area contributed by atoms with Gasteiger partial charge in [-0.2, -0.15) is 0 Å². The predicted octanol–water partition coefficient (Wildman–Crippen LogP) is 3.06. The van der Waals surface area contributed by atoms with Crippen LogP contribution in [0.5, 0.6) is 0 Å². The van der Waals surface area contributed by atoms with Crippen LogP contribution in [-0.2, 0) is 13.0 Å². The summed E-state index contributed by atoms with van der Waals surface area (Å²) in [7, 11) is 0. The molecule has 1 fully saturated rings. The Hall–Kier alpha value is -0.450. The zero-order valence-corrected chi connectivity index (χ0v) is 13.1. The Morgan fingerprint density at radius 1 is 1.26 bits per heavy atom. The number of nitrogens with zero attached hydrogens (tertiary/aromatic N) is 2. The van der Waals surface area contributed by atoms with Gasteiger partial charge in [0.2, 0.25) is 0 Å². The Morgan fingerprint density at radius 3 is 2.68 bits per heavy atom. The summed E-state index contributed by atoms with van der Waals surface area (Å²) in [5, 5.41) is 4.74. The summed E-state index contributed by atoms with van der Waals surface area (Å²) in [6.07, 6.45) is 8.74. The molecular weight excluding hydrogens is 254 g/mol. The summed E-state index contributed by atoms with van der Waals surface area (Å²) in [5.41, 5.74) is 0. The molecular formula is C15H27N3S. The van der Waals surface area contributed by atoms with Crippen molar-refractivity contribution in [1.29, 1.82) is 0 Å². The van der Waals surface area contributed by atoms with E-state index in [2.05, 4.69) is 29.0 Å². The van der Waals surface area contributed by atoms with Crippen LogP contribution in [0.2, 0.25) is 0 Å². The molecule has 2 heterocycles. The lowest BCUT2D eigenvalue weighted by molar-refractivity contribution is 0.288. The summed E-state index contributed by atoms with van der Waals surface area (Å²) < 4.78 is 0. The second kappa shape index (κ2) is 7.98. The van der Waals surface area contributed by atoms with Crippen molar-refractivity contribution in [3.8, 4) is 0 Å². The molecule has 0 unspecified atom stereocenters. The molecule has 0 saturated carbocycles. The minimum Gasteiger partial charge on any atom is -0.310 e. The van der Waals surface area contributed by atoms with Crippen LogP contribution >= 0.6 is 11.3 Å². The first-order valence-electron chi connectivity index (χ1n) is 7.63. The van der Waals surface area contributed by atoms with Crippen LogP contribution in [0.15, 0.2) is 6.20 Å². The van der Waals surface area contributed by atoms with Gasteiger partial charge in [-0.3, -0.25) is 0 Å². The lowest BCUT2D eigenvalue weighted by Crippen LogP contribution is -2.26. The SMILES string of the molecule is CC(C)NCc1cnc(CCN2CCCCCC2)s1. The average molecular weight is 281 g/mol. The molecule has 3 nitrogen and oxygen atoms in total. The Kier molecular flexibility index (Phi) is 6.28. The van der Waals surface area contributed by atoms with E-state index in [4.69, 9.17) is 0 Å². The highest BCUT2D eigenvalue weighted by Gasteiger charge is 2.10. The molecule has 0 amide bonds. The van der Waals surface area contributed by atoms with E-state index in [0.29, 0.717) is 6.04 Å². The average Bonchev–Trinajstić information content (AvgIpc) is 2.68. The van der Waals surface area contributed by atoms with Crippen molar-refractivity contribution in [3.05, 3.63) is 16.1 Å². The Bertz CT molecular complexity index is 354. The molecule has 0 aromatic carbocycles. The van der Waals surface area contributed by atoms with Gasteiger partial charge in [0, 0.05) is 36.6 Å². The van der Waals surface area contributed by atoms with Gasteiger partial charge in [-0.05, 0) is 25.9 Å². The second-order valence-corrected chi connectivity index (χ2v) is 6.96. The van der Waals surface area contributed by atoms with Gasteiger partial charge in [0.15, 0.2) is 0 Å². The molecule has 0 radical (unpaired) electrons. The zero-order valence-electron chi connectivity index (χ0n) is 12.3. The number of nitrogens with one attached hydrogen (secondary N) is 1. The predicted molar refractivity (Wildman–Crippen MR) is 82.7 cm³/mol. The van der Waals surface area contributed by atoms with Crippen LogP contribution in [0.25, 0.3) is 0 Å². The third kappa shape index (κ3) is 5.59. The number of hydrogen-bond donors (Lipinski definition) is 1. The van der Waals surface area contributed by atoms with Gasteiger partial charge in [-0.1, -0.05) is 26.7 Å². The lowest BCUT2D eigenvalue weighted by atomic mass is 10.2. The minimum atomic E-state index is 0.544. The molecule has 1 aliphatic heterocycles. The number of thiazole rings is 1. The van der Waals surface area contributed by atoms with Crippen LogP contribution in [0.3, 0.4) is 0 Å². The van der Waals surface area contributed by atoms with E-state index in [1.54, 1.807) is 0 Å². The molecule has 1 saturated heterocycles. The number of aromatic nitrogens is 1. The Balaban J connectivity index is 1.73. The van der Waals surface area contributed by atoms with Gasteiger partial charge < -0.3 is 10.2 Å². The molecule has 1 N–H and O–H groups in total. The van der Waals surface area contributed by atoms with Crippen molar-refractivity contribution >= 4 is 11.3 Å². The quantitative estimate of drug-likeness (QED) is 0.868. The third-order valence-corrected chi connectivity index (χ3v) is 4.68. The van der Waals surface area contributed by atoms with Crippen LogP contribution in [0, 0.1) is 0 Å². The van der Waals surface area contributed by atoms with Crippen LogP contribution < -0.4 is 5.32 Å². The van der Waals surface area contributed by atoms with Crippen LogP contribution in [0.4, 0.5) is 0 Å². The van der Waals surface area contributed by atoms with E-state index in [9.17, 15) is 0 Å². The van der Waals surface area contributed by atoms with E-state index in [1.807, 2.05) is 17.5 Å². The van der Waals surface area contributed by atoms with Crippen molar-refractivity contribution < 1.29 is 0 Å². The number of hydrogen-bond acceptors (Lipinski definition) is 4. The topological polar surface area (TPSA) is 28.2 Å². The maximum absolute atomic E-state index is 4.55.